The van der Waals surface area contributed by atoms with Gasteiger partial charge in [-0.2, -0.15) is 0 Å². The van der Waals surface area contributed by atoms with Crippen molar-refractivity contribution in [1.82, 2.24) is 4.98 Å². The van der Waals surface area contributed by atoms with Crippen LogP contribution in [0.2, 0.25) is 0 Å². The van der Waals surface area contributed by atoms with E-state index >= 15 is 0 Å². The van der Waals surface area contributed by atoms with Crippen LogP contribution in [0, 0.1) is 10.5 Å². The molecular formula is C17H14INO. The molecule has 0 unspecified atom stereocenters. The van der Waals surface area contributed by atoms with E-state index in [1.807, 2.05) is 30.6 Å². The first-order valence-corrected chi connectivity index (χ1v) is 7.52. The van der Waals surface area contributed by atoms with Crippen molar-refractivity contribution in [3.05, 3.63) is 69.6 Å². The van der Waals surface area contributed by atoms with Crippen LogP contribution < -0.4 is 4.74 Å². The molecule has 20 heavy (non-hydrogen) atoms. The maximum atomic E-state index is 6.00. The Morgan fingerprint density at radius 2 is 1.85 bits per heavy atom. The Morgan fingerprint density at radius 1 is 1.05 bits per heavy atom. The zero-order valence-electron chi connectivity index (χ0n) is 11.1. The quantitative estimate of drug-likeness (QED) is 0.618. The van der Waals surface area contributed by atoms with Crippen LogP contribution in [-0.2, 0) is 6.61 Å². The van der Waals surface area contributed by atoms with Gasteiger partial charge in [0.2, 0.25) is 0 Å². The van der Waals surface area contributed by atoms with Gasteiger partial charge in [-0.15, -0.1) is 0 Å². The van der Waals surface area contributed by atoms with Gasteiger partial charge in [0.15, 0.2) is 0 Å². The van der Waals surface area contributed by atoms with Gasteiger partial charge in [0.25, 0.3) is 0 Å². The number of aryl methyl sites for hydroxylation is 1. The zero-order chi connectivity index (χ0) is 13.9. The lowest BCUT2D eigenvalue weighted by molar-refractivity contribution is 0.310. The topological polar surface area (TPSA) is 22.1 Å². The molecule has 0 fully saturated rings. The molecule has 0 saturated carbocycles. The van der Waals surface area contributed by atoms with Gasteiger partial charge in [-0.25, -0.2) is 0 Å². The first-order valence-electron chi connectivity index (χ1n) is 6.44. The van der Waals surface area contributed by atoms with Crippen LogP contribution >= 0.6 is 22.6 Å². The summed E-state index contributed by atoms with van der Waals surface area (Å²) in [7, 11) is 0. The molecule has 0 aliphatic rings. The first-order chi connectivity index (χ1) is 9.74. The molecule has 0 bridgehead atoms. The number of halogens is 1. The van der Waals surface area contributed by atoms with Crippen molar-refractivity contribution < 1.29 is 4.74 Å². The Labute approximate surface area is 131 Å². The summed E-state index contributed by atoms with van der Waals surface area (Å²) in [5, 5.41) is 2.27. The second-order valence-electron chi connectivity index (χ2n) is 4.75. The summed E-state index contributed by atoms with van der Waals surface area (Å²) in [6.07, 6.45) is 3.75. The van der Waals surface area contributed by atoms with E-state index in [0.717, 1.165) is 14.7 Å². The predicted molar refractivity (Wildman–Crippen MR) is 90.0 cm³/mol. The normalized spacial score (nSPS) is 10.7. The number of pyridine rings is 1. The summed E-state index contributed by atoms with van der Waals surface area (Å²) in [4.78, 5) is 4.27. The molecule has 0 saturated heterocycles. The van der Waals surface area contributed by atoms with E-state index in [2.05, 4.69) is 58.8 Å². The molecule has 0 N–H and O–H groups in total. The molecule has 3 rings (SSSR count). The number of nitrogens with zero attached hydrogens (tertiary/aromatic N) is 1. The van der Waals surface area contributed by atoms with Crippen molar-refractivity contribution in [2.24, 2.45) is 0 Å². The van der Waals surface area contributed by atoms with Crippen LogP contribution in [0.5, 0.6) is 5.75 Å². The molecule has 100 valence electrons. The molecular weight excluding hydrogens is 361 g/mol. The standard InChI is InChI=1S/C17H14INO/c1-12-7-14-15(9-19-10-16(14)18)17(8-12)20-11-13-5-3-2-4-6-13/h2-10H,11H2,1H3. The fraction of sp³-hybridized carbons (Fsp3) is 0.118. The minimum absolute atomic E-state index is 0.574. The van der Waals surface area contributed by atoms with Gasteiger partial charge in [0, 0.05) is 26.7 Å². The van der Waals surface area contributed by atoms with Crippen LogP contribution in [0.4, 0.5) is 0 Å². The van der Waals surface area contributed by atoms with Gasteiger partial charge < -0.3 is 4.74 Å². The van der Waals surface area contributed by atoms with Crippen molar-refractivity contribution in [2.45, 2.75) is 13.5 Å². The Morgan fingerprint density at radius 3 is 2.65 bits per heavy atom. The van der Waals surface area contributed by atoms with Crippen LogP contribution in [-0.4, -0.2) is 4.98 Å². The van der Waals surface area contributed by atoms with Gasteiger partial charge in [0.1, 0.15) is 12.4 Å². The fourth-order valence-corrected chi connectivity index (χ4v) is 2.80. The van der Waals surface area contributed by atoms with Crippen molar-refractivity contribution in [3.63, 3.8) is 0 Å². The molecule has 1 aromatic heterocycles. The highest BCUT2D eigenvalue weighted by molar-refractivity contribution is 14.1. The fourth-order valence-electron chi connectivity index (χ4n) is 2.20. The third-order valence-electron chi connectivity index (χ3n) is 3.17. The Hall–Kier alpha value is -1.62. The van der Waals surface area contributed by atoms with E-state index in [-0.39, 0.29) is 0 Å². The number of hydrogen-bond donors (Lipinski definition) is 0. The number of benzene rings is 2. The summed E-state index contributed by atoms with van der Waals surface area (Å²) >= 11 is 2.31. The van der Waals surface area contributed by atoms with Gasteiger partial charge in [-0.3, -0.25) is 4.98 Å². The summed E-state index contributed by atoms with van der Waals surface area (Å²) in [6, 6.07) is 14.4. The second kappa shape index (κ2) is 5.79. The predicted octanol–water partition coefficient (Wildman–Crippen LogP) is 4.73. The maximum Gasteiger partial charge on any atom is 0.129 e. The number of fused-ring (bicyclic) bond motifs is 1. The van der Waals surface area contributed by atoms with Gasteiger partial charge >= 0.3 is 0 Å². The molecule has 2 aromatic carbocycles. The Kier molecular flexibility index (Phi) is 3.87. The number of rotatable bonds is 3. The molecule has 3 heteroatoms. The average Bonchev–Trinajstić information content (AvgIpc) is 2.47. The second-order valence-corrected chi connectivity index (χ2v) is 5.92. The highest BCUT2D eigenvalue weighted by Gasteiger charge is 2.07. The molecule has 0 aliphatic heterocycles. The average molecular weight is 375 g/mol. The molecule has 0 amide bonds. The monoisotopic (exact) mass is 375 g/mol. The van der Waals surface area contributed by atoms with Crippen molar-refractivity contribution in [2.75, 3.05) is 0 Å². The smallest absolute Gasteiger partial charge is 0.129 e. The molecule has 0 atom stereocenters. The van der Waals surface area contributed by atoms with Crippen LogP contribution in [0.3, 0.4) is 0 Å². The summed E-state index contributed by atoms with van der Waals surface area (Å²) in [5.74, 6) is 0.898. The lowest BCUT2D eigenvalue weighted by Crippen LogP contribution is -1.97. The largest absolute Gasteiger partial charge is 0.488 e. The van der Waals surface area contributed by atoms with E-state index in [4.69, 9.17) is 4.74 Å². The number of hydrogen-bond acceptors (Lipinski definition) is 2. The highest BCUT2D eigenvalue weighted by atomic mass is 127. The third kappa shape index (κ3) is 2.77. The summed E-state index contributed by atoms with van der Waals surface area (Å²) in [6.45, 7) is 2.66. The lowest BCUT2D eigenvalue weighted by Gasteiger charge is -2.11. The first kappa shape index (κ1) is 13.4. The molecule has 0 aliphatic carbocycles. The summed E-state index contributed by atoms with van der Waals surface area (Å²) < 4.78 is 7.14. The van der Waals surface area contributed by atoms with E-state index in [0.29, 0.717) is 6.61 Å². The van der Waals surface area contributed by atoms with Crippen molar-refractivity contribution in [3.8, 4) is 5.75 Å². The SMILES string of the molecule is Cc1cc(OCc2ccccc2)c2cncc(I)c2c1. The molecule has 0 spiro atoms. The van der Waals surface area contributed by atoms with Crippen LogP contribution in [0.1, 0.15) is 11.1 Å². The summed E-state index contributed by atoms with van der Waals surface area (Å²) in [5.41, 5.74) is 2.37. The maximum absolute atomic E-state index is 6.00. The van der Waals surface area contributed by atoms with E-state index in [1.54, 1.807) is 0 Å². The molecule has 3 aromatic rings. The highest BCUT2D eigenvalue weighted by Crippen LogP contribution is 2.30. The van der Waals surface area contributed by atoms with Crippen molar-refractivity contribution in [1.29, 1.82) is 0 Å². The van der Waals surface area contributed by atoms with E-state index in [9.17, 15) is 0 Å². The Bertz CT molecular complexity index is 741. The van der Waals surface area contributed by atoms with Crippen LogP contribution in [0.15, 0.2) is 54.9 Å². The van der Waals surface area contributed by atoms with Gasteiger partial charge in [-0.1, -0.05) is 30.3 Å². The van der Waals surface area contributed by atoms with Crippen LogP contribution in [0.25, 0.3) is 10.8 Å². The molecule has 0 radical (unpaired) electrons. The van der Waals surface area contributed by atoms with Gasteiger partial charge in [-0.05, 0) is 52.8 Å². The molecule has 2 nitrogen and oxygen atoms in total. The Balaban J connectivity index is 1.97. The third-order valence-corrected chi connectivity index (χ3v) is 4.03. The van der Waals surface area contributed by atoms with Gasteiger partial charge in [0.05, 0.1) is 0 Å². The minimum atomic E-state index is 0.574. The number of ether oxygens (including phenoxy) is 1. The van der Waals surface area contributed by atoms with Crippen molar-refractivity contribution >= 4 is 33.4 Å². The lowest BCUT2D eigenvalue weighted by atomic mass is 10.1. The van der Waals surface area contributed by atoms with E-state index in [1.165, 1.54) is 16.5 Å². The molecule has 1 heterocycles. The van der Waals surface area contributed by atoms with E-state index < -0.39 is 0 Å². The number of aromatic nitrogens is 1. The zero-order valence-corrected chi connectivity index (χ0v) is 13.3. The minimum Gasteiger partial charge on any atom is -0.488 e.